The molecule has 0 aliphatic heterocycles. The van der Waals surface area contributed by atoms with Crippen LogP contribution in [-0.2, 0) is 14.4 Å². The van der Waals surface area contributed by atoms with Crippen LogP contribution in [0.15, 0.2) is 0 Å². The van der Waals surface area contributed by atoms with Gasteiger partial charge < -0.3 is 4.43 Å². The summed E-state index contributed by atoms with van der Waals surface area (Å²) in [6.07, 6.45) is 0.478. The van der Waals surface area contributed by atoms with Gasteiger partial charge in [-0.05, 0) is 24.6 Å². The van der Waals surface area contributed by atoms with Crippen molar-refractivity contribution in [2.45, 2.75) is 45.3 Å². The number of rotatable bonds is 5. The summed E-state index contributed by atoms with van der Waals surface area (Å²) in [6, 6.07) is 0. The Bertz CT molecular complexity index is 293. The molecule has 15 heavy (non-hydrogen) atoms. The van der Waals surface area contributed by atoms with Gasteiger partial charge in [0.25, 0.3) is 0 Å². The van der Waals surface area contributed by atoms with E-state index in [1.54, 1.807) is 0 Å². The molecule has 0 bridgehead atoms. The van der Waals surface area contributed by atoms with Crippen molar-refractivity contribution >= 4 is 18.3 Å². The Morgan fingerprint density at radius 3 is 2.07 bits per heavy atom. The van der Waals surface area contributed by atoms with Gasteiger partial charge >= 0.3 is 0 Å². The molecule has 0 saturated heterocycles. The molecule has 0 rings (SSSR count). The second kappa shape index (κ2) is 4.95. The van der Waals surface area contributed by atoms with Crippen molar-refractivity contribution in [3.8, 4) is 0 Å². The Hall–Kier alpha value is 0.0869. The summed E-state index contributed by atoms with van der Waals surface area (Å²) < 4.78 is 27.2. The topological polar surface area (TPSA) is 69.4 Å². The Labute approximate surface area is 94.4 Å². The van der Waals surface area contributed by atoms with Crippen LogP contribution in [0.1, 0.15) is 27.2 Å². The largest absolute Gasteiger partial charge is 0.417 e. The van der Waals surface area contributed by atoms with E-state index >= 15 is 0 Å². The molecule has 0 saturated carbocycles. The molecule has 0 amide bonds. The van der Waals surface area contributed by atoms with E-state index in [9.17, 15) is 8.42 Å². The van der Waals surface area contributed by atoms with E-state index in [0.29, 0.717) is 13.0 Å². The van der Waals surface area contributed by atoms with Gasteiger partial charge in [-0.1, -0.05) is 20.8 Å². The minimum atomic E-state index is -3.34. The molecule has 0 spiro atoms. The monoisotopic (exact) mass is 253 g/mol. The Morgan fingerprint density at radius 2 is 1.73 bits per heavy atom. The maximum absolute atomic E-state index is 10.7. The van der Waals surface area contributed by atoms with E-state index in [1.807, 2.05) is 0 Å². The molecule has 0 fully saturated rings. The van der Waals surface area contributed by atoms with Gasteiger partial charge in [-0.25, -0.2) is 13.6 Å². The molecule has 0 radical (unpaired) electrons. The molecule has 0 aromatic rings. The molecule has 0 unspecified atom stereocenters. The summed E-state index contributed by atoms with van der Waals surface area (Å²) in [7, 11) is -5.08. The van der Waals surface area contributed by atoms with Crippen LogP contribution in [0.3, 0.4) is 0 Å². The van der Waals surface area contributed by atoms with Crippen LogP contribution in [0.4, 0.5) is 0 Å². The number of primary sulfonamides is 1. The van der Waals surface area contributed by atoms with E-state index in [-0.39, 0.29) is 10.8 Å². The zero-order valence-electron chi connectivity index (χ0n) is 10.3. The molecular formula is C9H23NO3SSi. The molecule has 0 aliphatic rings. The summed E-state index contributed by atoms with van der Waals surface area (Å²) in [5.74, 6) is 0.00161. The smallest absolute Gasteiger partial charge is 0.209 e. The first kappa shape index (κ1) is 15.1. The molecule has 0 heterocycles. The summed E-state index contributed by atoms with van der Waals surface area (Å²) in [5, 5.41) is 5.06. The molecule has 0 aromatic carbocycles. The quantitative estimate of drug-likeness (QED) is 0.599. The van der Waals surface area contributed by atoms with E-state index in [0.717, 1.165) is 0 Å². The Balaban J connectivity index is 3.98. The van der Waals surface area contributed by atoms with Crippen LogP contribution >= 0.6 is 0 Å². The average molecular weight is 253 g/mol. The van der Waals surface area contributed by atoms with E-state index in [4.69, 9.17) is 9.56 Å². The first-order valence-electron chi connectivity index (χ1n) is 5.10. The average Bonchev–Trinajstić information content (AvgIpc) is 1.94. The minimum absolute atomic E-state index is 0.00161. The van der Waals surface area contributed by atoms with Gasteiger partial charge in [0.2, 0.25) is 10.0 Å². The number of sulfonamides is 1. The van der Waals surface area contributed by atoms with Gasteiger partial charge in [0.05, 0.1) is 5.75 Å². The van der Waals surface area contributed by atoms with Crippen LogP contribution in [0.2, 0.25) is 18.1 Å². The summed E-state index contributed by atoms with van der Waals surface area (Å²) in [5.41, 5.74) is 0. The van der Waals surface area contributed by atoms with Gasteiger partial charge in [-0.15, -0.1) is 0 Å². The maximum Gasteiger partial charge on any atom is 0.209 e. The minimum Gasteiger partial charge on any atom is -0.417 e. The molecular weight excluding hydrogens is 230 g/mol. The van der Waals surface area contributed by atoms with Crippen LogP contribution < -0.4 is 5.14 Å². The molecule has 92 valence electrons. The van der Waals surface area contributed by atoms with Crippen LogP contribution in [-0.4, -0.2) is 29.1 Å². The lowest BCUT2D eigenvalue weighted by molar-refractivity contribution is 0.288. The fourth-order valence-electron chi connectivity index (χ4n) is 0.804. The SMILES string of the molecule is CC(C)(C)[Si](C)(C)OCCCS(N)(=O)=O. The highest BCUT2D eigenvalue weighted by atomic mass is 32.2. The van der Waals surface area contributed by atoms with Gasteiger partial charge in [-0.3, -0.25) is 0 Å². The van der Waals surface area contributed by atoms with Gasteiger partial charge in [0.1, 0.15) is 0 Å². The van der Waals surface area contributed by atoms with Crippen molar-refractivity contribution in [3.05, 3.63) is 0 Å². The lowest BCUT2D eigenvalue weighted by atomic mass is 10.2. The zero-order chi connectivity index (χ0) is 12.3. The second-order valence-electron chi connectivity index (χ2n) is 5.33. The summed E-state index contributed by atoms with van der Waals surface area (Å²) in [4.78, 5) is 0. The molecule has 0 aromatic heterocycles. The van der Waals surface area contributed by atoms with E-state index in [2.05, 4.69) is 33.9 Å². The predicted octanol–water partition coefficient (Wildman–Crippen LogP) is 1.69. The Kier molecular flexibility index (Phi) is 4.97. The van der Waals surface area contributed by atoms with E-state index in [1.165, 1.54) is 0 Å². The third-order valence-corrected chi connectivity index (χ3v) is 8.24. The highest BCUT2D eigenvalue weighted by Gasteiger charge is 2.36. The highest BCUT2D eigenvalue weighted by Crippen LogP contribution is 2.36. The molecule has 2 N–H and O–H groups in total. The third-order valence-electron chi connectivity index (χ3n) is 2.84. The van der Waals surface area contributed by atoms with Crippen molar-refractivity contribution in [3.63, 3.8) is 0 Å². The lowest BCUT2D eigenvalue weighted by Crippen LogP contribution is -2.41. The zero-order valence-corrected chi connectivity index (χ0v) is 12.1. The summed E-state index contributed by atoms with van der Waals surface area (Å²) in [6.45, 7) is 11.2. The first-order valence-corrected chi connectivity index (χ1v) is 9.72. The number of hydrogen-bond acceptors (Lipinski definition) is 3. The fraction of sp³-hybridized carbons (Fsp3) is 1.00. The Morgan fingerprint density at radius 1 is 1.27 bits per heavy atom. The van der Waals surface area contributed by atoms with Crippen molar-refractivity contribution in [1.82, 2.24) is 0 Å². The molecule has 0 aliphatic carbocycles. The highest BCUT2D eigenvalue weighted by molar-refractivity contribution is 7.89. The normalized spacial score (nSPS) is 14.3. The molecule has 6 heteroatoms. The van der Waals surface area contributed by atoms with Crippen molar-refractivity contribution in [2.75, 3.05) is 12.4 Å². The second-order valence-corrected chi connectivity index (χ2v) is 11.9. The van der Waals surface area contributed by atoms with Gasteiger partial charge in [-0.2, -0.15) is 0 Å². The van der Waals surface area contributed by atoms with Crippen LogP contribution in [0, 0.1) is 0 Å². The predicted molar refractivity (Wildman–Crippen MR) is 65.7 cm³/mol. The standard InChI is InChI=1S/C9H23NO3SSi/c1-9(2,3)15(4,5)13-7-6-8-14(10,11)12/h6-8H2,1-5H3,(H2,10,11,12). The first-order chi connectivity index (χ1) is 6.46. The maximum atomic E-state index is 10.7. The third kappa shape index (κ3) is 6.29. The van der Waals surface area contributed by atoms with Crippen molar-refractivity contribution in [1.29, 1.82) is 0 Å². The van der Waals surface area contributed by atoms with Crippen LogP contribution in [0.5, 0.6) is 0 Å². The summed E-state index contributed by atoms with van der Waals surface area (Å²) >= 11 is 0. The molecule has 0 atom stereocenters. The lowest BCUT2D eigenvalue weighted by Gasteiger charge is -2.36. The fourth-order valence-corrected chi connectivity index (χ4v) is 2.41. The van der Waals surface area contributed by atoms with Crippen LogP contribution in [0.25, 0.3) is 0 Å². The molecule has 4 nitrogen and oxygen atoms in total. The van der Waals surface area contributed by atoms with Gasteiger partial charge in [0.15, 0.2) is 8.32 Å². The van der Waals surface area contributed by atoms with Crippen molar-refractivity contribution < 1.29 is 12.8 Å². The van der Waals surface area contributed by atoms with E-state index < -0.39 is 18.3 Å². The number of hydrogen-bond donors (Lipinski definition) is 1. The van der Waals surface area contributed by atoms with Crippen molar-refractivity contribution in [2.24, 2.45) is 5.14 Å². The number of nitrogens with two attached hydrogens (primary N) is 1. The van der Waals surface area contributed by atoms with Gasteiger partial charge in [0, 0.05) is 6.61 Å².